The number of fused-ring (bicyclic) bond motifs is 1. The van der Waals surface area contributed by atoms with Gasteiger partial charge in [-0.1, -0.05) is 24.3 Å². The molecule has 0 spiro atoms. The average molecular weight is 322 g/mol. The maximum Gasteiger partial charge on any atom is 0.241 e. The highest BCUT2D eigenvalue weighted by Crippen LogP contribution is 2.28. The van der Waals surface area contributed by atoms with Crippen LogP contribution in [-0.2, 0) is 11.2 Å². The molecule has 1 atom stereocenters. The Bertz CT molecular complexity index is 718. The number of amides is 1. The molecule has 1 fully saturated rings. The summed E-state index contributed by atoms with van der Waals surface area (Å²) < 4.78 is 0. The number of para-hydroxylation sites is 1. The van der Waals surface area contributed by atoms with Gasteiger partial charge in [-0.05, 0) is 29.7 Å². The Kier molecular flexibility index (Phi) is 4.28. The van der Waals surface area contributed by atoms with Gasteiger partial charge in [-0.3, -0.25) is 14.7 Å². The van der Waals surface area contributed by atoms with E-state index in [9.17, 15) is 4.79 Å². The molecule has 124 valence electrons. The molecule has 0 radical (unpaired) electrons. The number of hydrogen-bond acceptors (Lipinski definition) is 4. The Morgan fingerprint density at radius 1 is 1.21 bits per heavy atom. The quantitative estimate of drug-likeness (QED) is 0.933. The van der Waals surface area contributed by atoms with Crippen LogP contribution in [0, 0.1) is 0 Å². The molecule has 0 aliphatic carbocycles. The van der Waals surface area contributed by atoms with Crippen molar-refractivity contribution in [2.24, 2.45) is 0 Å². The predicted octanol–water partition coefficient (Wildman–Crippen LogP) is 1.62. The maximum absolute atomic E-state index is 12.9. The normalized spacial score (nSPS) is 20.8. The number of hydrogen-bond donors (Lipinski definition) is 1. The van der Waals surface area contributed by atoms with Crippen molar-refractivity contribution >= 4 is 11.6 Å². The number of carbonyl (C=O) groups is 1. The van der Waals surface area contributed by atoms with Crippen LogP contribution >= 0.6 is 0 Å². The molecule has 0 bridgehead atoms. The molecular weight excluding hydrogens is 300 g/mol. The molecule has 2 aliphatic heterocycles. The lowest BCUT2D eigenvalue weighted by Crippen LogP contribution is -2.50. The number of piperazine rings is 1. The molecule has 1 N–H and O–H groups in total. The highest BCUT2D eigenvalue weighted by molar-refractivity contribution is 5.96. The molecule has 2 aromatic rings. The van der Waals surface area contributed by atoms with E-state index >= 15 is 0 Å². The lowest BCUT2D eigenvalue weighted by Gasteiger charge is -2.36. The van der Waals surface area contributed by atoms with Gasteiger partial charge in [-0.2, -0.15) is 0 Å². The predicted molar refractivity (Wildman–Crippen MR) is 93.9 cm³/mol. The second kappa shape index (κ2) is 6.71. The first-order chi connectivity index (χ1) is 11.8. The van der Waals surface area contributed by atoms with E-state index in [1.54, 1.807) is 6.20 Å². The Morgan fingerprint density at radius 2 is 2.12 bits per heavy atom. The van der Waals surface area contributed by atoms with Gasteiger partial charge in [-0.15, -0.1) is 0 Å². The van der Waals surface area contributed by atoms with E-state index in [4.69, 9.17) is 0 Å². The molecule has 1 unspecified atom stereocenters. The fraction of sp³-hybridized carbons (Fsp3) is 0.368. The topological polar surface area (TPSA) is 48.5 Å². The van der Waals surface area contributed by atoms with Crippen molar-refractivity contribution in [2.45, 2.75) is 12.5 Å². The number of rotatable bonds is 3. The van der Waals surface area contributed by atoms with Crippen LogP contribution < -0.4 is 10.2 Å². The molecule has 5 nitrogen and oxygen atoms in total. The standard InChI is InChI=1S/C19H22N4O/c24-19(23-10-7-15-4-1-2-6-17(15)23)14-22-11-9-21-13-18(22)16-5-3-8-20-12-16/h1-6,8,12,18,21H,7,9-11,13-14H2. The number of pyridine rings is 1. The monoisotopic (exact) mass is 322 g/mol. The first-order valence-electron chi connectivity index (χ1n) is 8.56. The summed E-state index contributed by atoms with van der Waals surface area (Å²) in [6, 6.07) is 12.5. The molecular formula is C19H22N4O. The van der Waals surface area contributed by atoms with Crippen molar-refractivity contribution in [3.8, 4) is 0 Å². The Hall–Kier alpha value is -2.24. The minimum atomic E-state index is 0.191. The van der Waals surface area contributed by atoms with Crippen molar-refractivity contribution in [3.05, 3.63) is 59.9 Å². The molecule has 4 rings (SSSR count). The molecule has 1 amide bonds. The number of carbonyl (C=O) groups excluding carboxylic acids is 1. The van der Waals surface area contributed by atoms with Crippen LogP contribution in [0.5, 0.6) is 0 Å². The molecule has 1 aromatic carbocycles. The van der Waals surface area contributed by atoms with Crippen LogP contribution in [0.15, 0.2) is 48.8 Å². The van der Waals surface area contributed by atoms with Crippen LogP contribution in [0.25, 0.3) is 0 Å². The van der Waals surface area contributed by atoms with Crippen LogP contribution in [0.3, 0.4) is 0 Å². The number of nitrogens with one attached hydrogen (secondary N) is 1. The van der Waals surface area contributed by atoms with Gasteiger partial charge < -0.3 is 10.2 Å². The Labute approximate surface area is 142 Å². The summed E-state index contributed by atoms with van der Waals surface area (Å²) in [5, 5.41) is 3.43. The van der Waals surface area contributed by atoms with Crippen molar-refractivity contribution < 1.29 is 4.79 Å². The Balaban J connectivity index is 1.50. The first kappa shape index (κ1) is 15.3. The molecule has 1 saturated heterocycles. The van der Waals surface area contributed by atoms with E-state index in [0.717, 1.165) is 38.3 Å². The zero-order chi connectivity index (χ0) is 16.4. The minimum Gasteiger partial charge on any atom is -0.314 e. The number of nitrogens with zero attached hydrogens (tertiary/aromatic N) is 3. The summed E-state index contributed by atoms with van der Waals surface area (Å²) in [6.07, 6.45) is 4.65. The van der Waals surface area contributed by atoms with Crippen LogP contribution in [0.1, 0.15) is 17.2 Å². The zero-order valence-corrected chi connectivity index (χ0v) is 13.7. The van der Waals surface area contributed by atoms with Gasteiger partial charge in [0.2, 0.25) is 5.91 Å². The van der Waals surface area contributed by atoms with E-state index in [0.29, 0.717) is 6.54 Å². The van der Waals surface area contributed by atoms with Gasteiger partial charge in [0.1, 0.15) is 0 Å². The Morgan fingerprint density at radius 3 is 3.00 bits per heavy atom. The van der Waals surface area contributed by atoms with Gasteiger partial charge in [-0.25, -0.2) is 0 Å². The molecule has 3 heterocycles. The van der Waals surface area contributed by atoms with Crippen molar-refractivity contribution in [1.82, 2.24) is 15.2 Å². The molecule has 1 aromatic heterocycles. The molecule has 24 heavy (non-hydrogen) atoms. The third-order valence-electron chi connectivity index (χ3n) is 4.95. The summed E-state index contributed by atoms with van der Waals surface area (Å²) in [5.41, 5.74) is 3.52. The third-order valence-corrected chi connectivity index (χ3v) is 4.95. The van der Waals surface area contributed by atoms with E-state index in [1.807, 2.05) is 29.3 Å². The second-order valence-electron chi connectivity index (χ2n) is 6.40. The summed E-state index contributed by atoms with van der Waals surface area (Å²) in [5.74, 6) is 0.191. The lowest BCUT2D eigenvalue weighted by molar-refractivity contribution is -0.120. The second-order valence-corrected chi connectivity index (χ2v) is 6.40. The lowest BCUT2D eigenvalue weighted by atomic mass is 10.1. The molecule has 5 heteroatoms. The fourth-order valence-electron chi connectivity index (χ4n) is 3.69. The summed E-state index contributed by atoms with van der Waals surface area (Å²) >= 11 is 0. The average Bonchev–Trinajstić information content (AvgIpc) is 3.07. The SMILES string of the molecule is O=C(CN1CCNCC1c1cccnc1)N1CCc2ccccc21. The van der Waals surface area contributed by atoms with Crippen molar-refractivity contribution in [3.63, 3.8) is 0 Å². The molecule has 2 aliphatic rings. The van der Waals surface area contributed by atoms with Crippen LogP contribution in [0.2, 0.25) is 0 Å². The van der Waals surface area contributed by atoms with Crippen LogP contribution in [-0.4, -0.2) is 48.5 Å². The summed E-state index contributed by atoms with van der Waals surface area (Å²) in [4.78, 5) is 21.3. The number of anilines is 1. The summed E-state index contributed by atoms with van der Waals surface area (Å²) in [7, 11) is 0. The fourth-order valence-corrected chi connectivity index (χ4v) is 3.69. The van der Waals surface area contributed by atoms with Crippen molar-refractivity contribution in [2.75, 3.05) is 37.6 Å². The summed E-state index contributed by atoms with van der Waals surface area (Å²) in [6.45, 7) is 3.90. The maximum atomic E-state index is 12.9. The smallest absolute Gasteiger partial charge is 0.241 e. The minimum absolute atomic E-state index is 0.191. The van der Waals surface area contributed by atoms with E-state index < -0.39 is 0 Å². The van der Waals surface area contributed by atoms with Crippen molar-refractivity contribution in [1.29, 1.82) is 0 Å². The van der Waals surface area contributed by atoms with E-state index in [1.165, 1.54) is 11.1 Å². The highest BCUT2D eigenvalue weighted by atomic mass is 16.2. The van der Waals surface area contributed by atoms with Gasteiger partial charge in [0.05, 0.1) is 6.54 Å². The molecule has 0 saturated carbocycles. The first-order valence-corrected chi connectivity index (χ1v) is 8.56. The highest BCUT2D eigenvalue weighted by Gasteiger charge is 2.30. The van der Waals surface area contributed by atoms with E-state index in [-0.39, 0.29) is 11.9 Å². The van der Waals surface area contributed by atoms with E-state index in [2.05, 4.69) is 33.4 Å². The third kappa shape index (κ3) is 2.92. The van der Waals surface area contributed by atoms with Gasteiger partial charge in [0.15, 0.2) is 0 Å². The van der Waals surface area contributed by atoms with Gasteiger partial charge >= 0.3 is 0 Å². The largest absolute Gasteiger partial charge is 0.314 e. The number of aromatic nitrogens is 1. The number of benzene rings is 1. The van der Waals surface area contributed by atoms with Gasteiger partial charge in [0, 0.05) is 50.3 Å². The van der Waals surface area contributed by atoms with Gasteiger partial charge in [0.25, 0.3) is 0 Å². The zero-order valence-electron chi connectivity index (χ0n) is 13.7. The van der Waals surface area contributed by atoms with Crippen LogP contribution in [0.4, 0.5) is 5.69 Å².